The average Bonchev–Trinajstić information content (AvgIpc) is 2.74. The SMILES string of the molecule is C[C@H](C(=O)Nc1ccc(C#N)cc1)N1CCN(Cc2cccc(C(F)(F)F)c2)CC1. The molecule has 1 amide bonds. The minimum absolute atomic E-state index is 0.133. The summed E-state index contributed by atoms with van der Waals surface area (Å²) in [5.41, 5.74) is 1.16. The highest BCUT2D eigenvalue weighted by Gasteiger charge is 2.31. The van der Waals surface area contributed by atoms with E-state index in [9.17, 15) is 18.0 Å². The van der Waals surface area contributed by atoms with E-state index in [4.69, 9.17) is 5.26 Å². The van der Waals surface area contributed by atoms with Crippen LogP contribution in [0.4, 0.5) is 18.9 Å². The third-order valence-electron chi connectivity index (χ3n) is 5.28. The van der Waals surface area contributed by atoms with Gasteiger partial charge in [0, 0.05) is 38.4 Å². The Labute approximate surface area is 173 Å². The van der Waals surface area contributed by atoms with Crippen LogP contribution in [0.15, 0.2) is 48.5 Å². The van der Waals surface area contributed by atoms with Crippen LogP contribution in [0.5, 0.6) is 0 Å². The second-order valence-corrected chi connectivity index (χ2v) is 7.36. The van der Waals surface area contributed by atoms with Crippen LogP contribution in [0.25, 0.3) is 0 Å². The van der Waals surface area contributed by atoms with Gasteiger partial charge in [-0.1, -0.05) is 18.2 Å². The minimum atomic E-state index is -4.34. The van der Waals surface area contributed by atoms with Crippen molar-refractivity contribution in [3.8, 4) is 6.07 Å². The van der Waals surface area contributed by atoms with Crippen molar-refractivity contribution in [1.82, 2.24) is 9.80 Å². The molecule has 0 bridgehead atoms. The molecule has 0 aliphatic carbocycles. The fraction of sp³-hybridized carbons (Fsp3) is 0.364. The first kappa shape index (κ1) is 21.8. The molecule has 1 aliphatic heterocycles. The van der Waals surface area contributed by atoms with Crippen LogP contribution in [0.2, 0.25) is 0 Å². The topological polar surface area (TPSA) is 59.4 Å². The normalized spacial score (nSPS) is 16.6. The van der Waals surface area contributed by atoms with Crippen molar-refractivity contribution in [2.75, 3.05) is 31.5 Å². The molecule has 0 radical (unpaired) electrons. The van der Waals surface area contributed by atoms with E-state index < -0.39 is 11.7 Å². The summed E-state index contributed by atoms with van der Waals surface area (Å²) in [6.45, 7) is 4.93. The number of hydrogen-bond donors (Lipinski definition) is 1. The molecule has 0 spiro atoms. The van der Waals surface area contributed by atoms with E-state index in [0.29, 0.717) is 49.5 Å². The highest BCUT2D eigenvalue weighted by molar-refractivity contribution is 5.94. The minimum Gasteiger partial charge on any atom is -0.325 e. The molecule has 1 heterocycles. The quantitative estimate of drug-likeness (QED) is 0.807. The van der Waals surface area contributed by atoms with E-state index >= 15 is 0 Å². The predicted molar refractivity (Wildman–Crippen MR) is 108 cm³/mol. The third kappa shape index (κ3) is 5.59. The van der Waals surface area contributed by atoms with Crippen molar-refractivity contribution in [3.63, 3.8) is 0 Å². The maximum absolute atomic E-state index is 12.9. The maximum atomic E-state index is 12.9. The van der Waals surface area contributed by atoms with Gasteiger partial charge in [0.25, 0.3) is 0 Å². The lowest BCUT2D eigenvalue weighted by Crippen LogP contribution is -2.52. The lowest BCUT2D eigenvalue weighted by molar-refractivity contribution is -0.137. The first-order valence-electron chi connectivity index (χ1n) is 9.70. The van der Waals surface area contributed by atoms with Crippen molar-refractivity contribution >= 4 is 11.6 Å². The number of nitrogens with one attached hydrogen (secondary N) is 1. The van der Waals surface area contributed by atoms with Crippen LogP contribution in [-0.2, 0) is 17.5 Å². The zero-order chi connectivity index (χ0) is 21.7. The van der Waals surface area contributed by atoms with Gasteiger partial charge in [-0.2, -0.15) is 18.4 Å². The van der Waals surface area contributed by atoms with Crippen molar-refractivity contribution in [1.29, 1.82) is 5.26 Å². The Morgan fingerprint density at radius 1 is 1.13 bits per heavy atom. The molecule has 5 nitrogen and oxygen atoms in total. The molecule has 2 aromatic carbocycles. The number of carbonyl (C=O) groups excluding carboxylic acids is 1. The van der Waals surface area contributed by atoms with Gasteiger partial charge >= 0.3 is 6.18 Å². The van der Waals surface area contributed by atoms with E-state index in [0.717, 1.165) is 6.07 Å². The molecule has 8 heteroatoms. The van der Waals surface area contributed by atoms with Gasteiger partial charge in [0.2, 0.25) is 5.91 Å². The van der Waals surface area contributed by atoms with Gasteiger partial charge in [0.1, 0.15) is 0 Å². The van der Waals surface area contributed by atoms with Crippen LogP contribution < -0.4 is 5.32 Å². The number of halogens is 3. The van der Waals surface area contributed by atoms with Crippen LogP contribution in [0, 0.1) is 11.3 Å². The van der Waals surface area contributed by atoms with Crippen LogP contribution in [0.3, 0.4) is 0 Å². The molecule has 0 saturated carbocycles. The maximum Gasteiger partial charge on any atom is 0.416 e. The summed E-state index contributed by atoms with van der Waals surface area (Å²) in [5.74, 6) is -0.133. The molecular formula is C22H23F3N4O. The first-order valence-corrected chi connectivity index (χ1v) is 9.70. The second-order valence-electron chi connectivity index (χ2n) is 7.36. The fourth-order valence-corrected chi connectivity index (χ4v) is 3.45. The predicted octanol–water partition coefficient (Wildman–Crippen LogP) is 3.72. The van der Waals surface area contributed by atoms with E-state index in [1.165, 1.54) is 12.1 Å². The number of rotatable bonds is 5. The van der Waals surface area contributed by atoms with Gasteiger partial charge in [-0.25, -0.2) is 0 Å². The first-order chi connectivity index (χ1) is 14.3. The number of hydrogen-bond acceptors (Lipinski definition) is 4. The Kier molecular flexibility index (Phi) is 6.75. The number of amides is 1. The largest absolute Gasteiger partial charge is 0.416 e. The van der Waals surface area contributed by atoms with Crippen molar-refractivity contribution in [3.05, 3.63) is 65.2 Å². The monoisotopic (exact) mass is 416 g/mol. The molecular weight excluding hydrogens is 393 g/mol. The van der Waals surface area contributed by atoms with Gasteiger partial charge in [-0.05, 0) is 42.8 Å². The molecule has 1 saturated heterocycles. The fourth-order valence-electron chi connectivity index (χ4n) is 3.45. The van der Waals surface area contributed by atoms with Crippen LogP contribution in [-0.4, -0.2) is 47.9 Å². The summed E-state index contributed by atoms with van der Waals surface area (Å²) < 4.78 is 38.7. The summed E-state index contributed by atoms with van der Waals surface area (Å²) in [7, 11) is 0. The lowest BCUT2D eigenvalue weighted by Gasteiger charge is -2.37. The molecule has 30 heavy (non-hydrogen) atoms. The molecule has 1 aliphatic rings. The number of nitrogens with zero attached hydrogens (tertiary/aromatic N) is 3. The summed E-state index contributed by atoms with van der Waals surface area (Å²) in [6.07, 6.45) is -4.34. The molecule has 0 aromatic heterocycles. The number of piperazine rings is 1. The Balaban J connectivity index is 1.51. The smallest absolute Gasteiger partial charge is 0.325 e. The number of carbonyl (C=O) groups is 1. The van der Waals surface area contributed by atoms with Crippen LogP contribution in [0.1, 0.15) is 23.6 Å². The molecule has 0 unspecified atom stereocenters. The highest BCUT2D eigenvalue weighted by Crippen LogP contribution is 2.29. The van der Waals surface area contributed by atoms with Crippen molar-refractivity contribution < 1.29 is 18.0 Å². The lowest BCUT2D eigenvalue weighted by atomic mass is 10.1. The molecule has 1 N–H and O–H groups in total. The summed E-state index contributed by atoms with van der Waals surface area (Å²) in [4.78, 5) is 16.7. The zero-order valence-corrected chi connectivity index (χ0v) is 16.6. The second kappa shape index (κ2) is 9.28. The number of benzene rings is 2. The van der Waals surface area contributed by atoms with Crippen LogP contribution >= 0.6 is 0 Å². The van der Waals surface area contributed by atoms with Crippen molar-refractivity contribution in [2.24, 2.45) is 0 Å². The van der Waals surface area contributed by atoms with Gasteiger partial charge in [0.15, 0.2) is 0 Å². The Hall–Kier alpha value is -2.89. The Morgan fingerprint density at radius 3 is 2.40 bits per heavy atom. The number of anilines is 1. The zero-order valence-electron chi connectivity index (χ0n) is 16.6. The number of nitriles is 1. The highest BCUT2D eigenvalue weighted by atomic mass is 19.4. The third-order valence-corrected chi connectivity index (χ3v) is 5.28. The molecule has 158 valence electrons. The Bertz CT molecular complexity index is 913. The molecule has 1 fully saturated rings. The average molecular weight is 416 g/mol. The van der Waals surface area contributed by atoms with Gasteiger partial charge in [-0.15, -0.1) is 0 Å². The van der Waals surface area contributed by atoms with Crippen molar-refractivity contribution in [2.45, 2.75) is 25.7 Å². The Morgan fingerprint density at radius 2 is 1.80 bits per heavy atom. The van der Waals surface area contributed by atoms with E-state index in [1.807, 2.05) is 13.0 Å². The van der Waals surface area contributed by atoms with E-state index in [1.54, 1.807) is 30.3 Å². The summed E-state index contributed by atoms with van der Waals surface area (Å²) >= 11 is 0. The molecule has 2 aromatic rings. The summed E-state index contributed by atoms with van der Waals surface area (Å²) in [5, 5.41) is 11.7. The summed E-state index contributed by atoms with van der Waals surface area (Å²) in [6, 6.07) is 13.8. The standard InChI is InChI=1S/C22H23F3N4O/c1-16(21(30)27-20-7-5-17(14-26)6-8-20)29-11-9-28(10-12-29)15-18-3-2-4-19(13-18)22(23,24)25/h2-8,13,16H,9-12,15H2,1H3,(H,27,30)/t16-/m1/s1. The van der Waals surface area contributed by atoms with E-state index in [2.05, 4.69) is 15.1 Å². The van der Waals surface area contributed by atoms with Gasteiger partial charge in [0.05, 0.1) is 23.2 Å². The number of alkyl halides is 3. The molecule has 3 rings (SSSR count). The van der Waals surface area contributed by atoms with Gasteiger partial charge < -0.3 is 5.32 Å². The van der Waals surface area contributed by atoms with E-state index in [-0.39, 0.29) is 11.9 Å². The molecule has 1 atom stereocenters. The van der Waals surface area contributed by atoms with Gasteiger partial charge in [-0.3, -0.25) is 14.6 Å².